The Morgan fingerprint density at radius 2 is 2.03 bits per heavy atom. The third-order valence-corrected chi connectivity index (χ3v) is 5.70. The van der Waals surface area contributed by atoms with E-state index in [1.807, 2.05) is 0 Å². The summed E-state index contributed by atoms with van der Waals surface area (Å²) >= 11 is 1.19. The lowest BCUT2D eigenvalue weighted by Crippen LogP contribution is -2.39. The highest BCUT2D eigenvalue weighted by molar-refractivity contribution is 7.99. The number of aromatic nitrogens is 2. The van der Waals surface area contributed by atoms with E-state index >= 15 is 0 Å². The van der Waals surface area contributed by atoms with Crippen LogP contribution in [0.5, 0.6) is 0 Å². The van der Waals surface area contributed by atoms with Crippen molar-refractivity contribution in [2.45, 2.75) is 44.9 Å². The largest absolute Gasteiger partial charge is 0.462 e. The van der Waals surface area contributed by atoms with Gasteiger partial charge in [0, 0.05) is 31.2 Å². The summed E-state index contributed by atoms with van der Waals surface area (Å²) in [6, 6.07) is 6.87. The molecule has 1 amide bonds. The third kappa shape index (κ3) is 5.48. The minimum Gasteiger partial charge on any atom is -0.462 e. The van der Waals surface area contributed by atoms with Crippen LogP contribution in [0.2, 0.25) is 0 Å². The van der Waals surface area contributed by atoms with E-state index < -0.39 is 5.97 Å². The van der Waals surface area contributed by atoms with Crippen molar-refractivity contribution in [2.24, 2.45) is 0 Å². The van der Waals surface area contributed by atoms with Crippen LogP contribution in [0.15, 0.2) is 34.2 Å². The van der Waals surface area contributed by atoms with E-state index in [9.17, 15) is 14.4 Å². The van der Waals surface area contributed by atoms with Gasteiger partial charge in [0.15, 0.2) is 5.16 Å². The SMILES string of the molecule is CCOC(=O)c1ccc(NC(=O)CSc2nc3c(c(=O)[nH]2)CN(C(C)C)CC3)cc1. The van der Waals surface area contributed by atoms with Crippen molar-refractivity contribution in [2.75, 3.05) is 24.2 Å². The number of amides is 1. The maximum absolute atomic E-state index is 12.4. The van der Waals surface area contributed by atoms with Gasteiger partial charge in [0.25, 0.3) is 5.56 Å². The lowest BCUT2D eigenvalue weighted by Gasteiger charge is -2.30. The van der Waals surface area contributed by atoms with Gasteiger partial charge in [-0.05, 0) is 45.0 Å². The number of hydrogen-bond acceptors (Lipinski definition) is 7. The zero-order chi connectivity index (χ0) is 21.7. The number of thioether (sulfide) groups is 1. The predicted molar refractivity (Wildman–Crippen MR) is 116 cm³/mol. The van der Waals surface area contributed by atoms with Crippen LogP contribution in [-0.2, 0) is 22.5 Å². The topological polar surface area (TPSA) is 104 Å². The molecule has 0 saturated carbocycles. The molecule has 1 aliphatic rings. The molecule has 0 aliphatic carbocycles. The highest BCUT2D eigenvalue weighted by Crippen LogP contribution is 2.19. The Balaban J connectivity index is 1.57. The average molecular weight is 431 g/mol. The van der Waals surface area contributed by atoms with Gasteiger partial charge in [-0.2, -0.15) is 0 Å². The monoisotopic (exact) mass is 430 g/mol. The van der Waals surface area contributed by atoms with Crippen LogP contribution in [-0.4, -0.2) is 51.7 Å². The first-order valence-corrected chi connectivity index (χ1v) is 10.9. The van der Waals surface area contributed by atoms with Gasteiger partial charge in [0.2, 0.25) is 5.91 Å². The second kappa shape index (κ2) is 9.90. The third-order valence-electron chi connectivity index (χ3n) is 4.83. The van der Waals surface area contributed by atoms with Crippen LogP contribution < -0.4 is 10.9 Å². The fraction of sp³-hybridized carbons (Fsp3) is 0.429. The number of nitrogens with zero attached hydrogens (tertiary/aromatic N) is 2. The molecule has 2 N–H and O–H groups in total. The Bertz CT molecular complexity index is 972. The molecule has 2 aromatic rings. The second-order valence-corrected chi connectivity index (χ2v) is 8.21. The number of carbonyl (C=O) groups is 2. The molecule has 0 fully saturated rings. The molecule has 0 bridgehead atoms. The molecule has 8 nitrogen and oxygen atoms in total. The van der Waals surface area contributed by atoms with Crippen LogP contribution in [0.1, 0.15) is 42.4 Å². The van der Waals surface area contributed by atoms with Crippen molar-refractivity contribution < 1.29 is 14.3 Å². The lowest BCUT2D eigenvalue weighted by molar-refractivity contribution is -0.113. The van der Waals surface area contributed by atoms with E-state index in [-0.39, 0.29) is 17.2 Å². The van der Waals surface area contributed by atoms with Gasteiger partial charge in [-0.25, -0.2) is 9.78 Å². The molecular weight excluding hydrogens is 404 g/mol. The maximum Gasteiger partial charge on any atom is 0.338 e. The minimum atomic E-state index is -0.398. The van der Waals surface area contributed by atoms with Crippen molar-refractivity contribution in [3.8, 4) is 0 Å². The molecule has 1 aromatic heterocycles. The Morgan fingerprint density at radius 3 is 2.70 bits per heavy atom. The Kier molecular flexibility index (Phi) is 7.28. The van der Waals surface area contributed by atoms with E-state index in [1.54, 1.807) is 31.2 Å². The lowest BCUT2D eigenvalue weighted by atomic mass is 10.1. The summed E-state index contributed by atoms with van der Waals surface area (Å²) in [5.41, 5.74) is 2.40. The molecule has 9 heteroatoms. The van der Waals surface area contributed by atoms with Crippen molar-refractivity contribution in [1.29, 1.82) is 0 Å². The Labute approximate surface area is 179 Å². The number of hydrogen-bond donors (Lipinski definition) is 2. The number of benzene rings is 1. The first-order valence-electron chi connectivity index (χ1n) is 9.93. The normalized spacial score (nSPS) is 13.7. The van der Waals surface area contributed by atoms with Gasteiger partial charge in [0.1, 0.15) is 0 Å². The molecule has 1 aromatic carbocycles. The molecule has 3 rings (SSSR count). The number of rotatable bonds is 7. The van der Waals surface area contributed by atoms with E-state index in [1.165, 1.54) is 11.8 Å². The number of H-pyrrole nitrogens is 1. The van der Waals surface area contributed by atoms with E-state index in [0.29, 0.717) is 41.2 Å². The summed E-state index contributed by atoms with van der Waals surface area (Å²) < 4.78 is 4.93. The van der Waals surface area contributed by atoms with Crippen LogP contribution in [0, 0.1) is 0 Å². The molecule has 160 valence electrons. The van der Waals surface area contributed by atoms with Crippen LogP contribution in [0.4, 0.5) is 5.69 Å². The zero-order valence-corrected chi connectivity index (χ0v) is 18.2. The quantitative estimate of drug-likeness (QED) is 0.395. The van der Waals surface area contributed by atoms with Gasteiger partial charge in [0.05, 0.1) is 29.2 Å². The molecule has 0 spiro atoms. The van der Waals surface area contributed by atoms with E-state index in [2.05, 4.69) is 34.0 Å². The van der Waals surface area contributed by atoms with E-state index in [4.69, 9.17) is 4.74 Å². The summed E-state index contributed by atoms with van der Waals surface area (Å²) in [4.78, 5) is 45.9. The van der Waals surface area contributed by atoms with Gasteiger partial charge in [-0.1, -0.05) is 11.8 Å². The van der Waals surface area contributed by atoms with Crippen LogP contribution in [0.25, 0.3) is 0 Å². The highest BCUT2D eigenvalue weighted by Gasteiger charge is 2.22. The van der Waals surface area contributed by atoms with Gasteiger partial charge in [-0.3, -0.25) is 14.5 Å². The van der Waals surface area contributed by atoms with Crippen molar-refractivity contribution in [1.82, 2.24) is 14.9 Å². The number of esters is 1. The maximum atomic E-state index is 12.4. The summed E-state index contributed by atoms with van der Waals surface area (Å²) in [5, 5.41) is 3.22. The van der Waals surface area contributed by atoms with E-state index in [0.717, 1.165) is 18.7 Å². The zero-order valence-electron chi connectivity index (χ0n) is 17.4. The fourth-order valence-electron chi connectivity index (χ4n) is 3.17. The standard InChI is InChI=1S/C21H26N4O4S/c1-4-29-20(28)14-5-7-15(8-6-14)22-18(26)12-30-21-23-17-9-10-25(13(2)3)11-16(17)19(27)24-21/h5-8,13H,4,9-12H2,1-3H3,(H,22,26)(H,23,24,27). The molecule has 0 radical (unpaired) electrons. The number of aromatic amines is 1. The summed E-state index contributed by atoms with van der Waals surface area (Å²) in [7, 11) is 0. The van der Waals surface area contributed by atoms with Crippen molar-refractivity contribution in [3.63, 3.8) is 0 Å². The average Bonchev–Trinajstić information content (AvgIpc) is 2.72. The Hall–Kier alpha value is -2.65. The molecule has 2 heterocycles. The number of nitrogens with one attached hydrogen (secondary N) is 2. The predicted octanol–water partition coefficient (Wildman–Crippen LogP) is 2.44. The Morgan fingerprint density at radius 1 is 1.30 bits per heavy atom. The van der Waals surface area contributed by atoms with Crippen molar-refractivity contribution >= 4 is 29.3 Å². The summed E-state index contributed by atoms with van der Waals surface area (Å²) in [6.45, 7) is 7.74. The second-order valence-electron chi connectivity index (χ2n) is 7.25. The summed E-state index contributed by atoms with van der Waals surface area (Å²) in [6.07, 6.45) is 0.726. The molecule has 0 atom stereocenters. The number of anilines is 1. The smallest absolute Gasteiger partial charge is 0.338 e. The van der Waals surface area contributed by atoms with Crippen LogP contribution >= 0.6 is 11.8 Å². The van der Waals surface area contributed by atoms with Crippen LogP contribution in [0.3, 0.4) is 0 Å². The van der Waals surface area contributed by atoms with Gasteiger partial charge >= 0.3 is 5.97 Å². The molecular formula is C21H26N4O4S. The highest BCUT2D eigenvalue weighted by atomic mass is 32.2. The van der Waals surface area contributed by atoms with Gasteiger partial charge < -0.3 is 15.0 Å². The minimum absolute atomic E-state index is 0.111. The first kappa shape index (κ1) is 22.0. The fourth-order valence-corrected chi connectivity index (χ4v) is 3.85. The van der Waals surface area contributed by atoms with Gasteiger partial charge in [-0.15, -0.1) is 0 Å². The number of ether oxygens (including phenoxy) is 1. The molecule has 0 unspecified atom stereocenters. The van der Waals surface area contributed by atoms with Crippen molar-refractivity contribution in [3.05, 3.63) is 51.4 Å². The first-order chi connectivity index (χ1) is 14.4. The number of carbonyl (C=O) groups excluding carboxylic acids is 2. The number of fused-ring (bicyclic) bond motifs is 1. The molecule has 1 aliphatic heterocycles. The summed E-state index contributed by atoms with van der Waals surface area (Å²) in [5.74, 6) is -0.514. The molecule has 0 saturated heterocycles. The molecule has 30 heavy (non-hydrogen) atoms.